The summed E-state index contributed by atoms with van der Waals surface area (Å²) in [6.45, 7) is 4.46. The monoisotopic (exact) mass is 526 g/mol. The topological polar surface area (TPSA) is 17.0 Å². The van der Waals surface area contributed by atoms with Crippen molar-refractivity contribution >= 4 is 27.5 Å². The first-order valence-electron chi connectivity index (χ1n) is 14.3. The molecule has 2 heteroatoms. The summed E-state index contributed by atoms with van der Waals surface area (Å²) in [5.74, 6) is 0. The molecule has 0 saturated carbocycles. The molecular weight excluding hydrogens is 496 g/mol. The molecule has 0 saturated heterocycles. The Labute approximate surface area is 240 Å². The molecule has 1 aromatic heterocycles. The molecule has 0 spiro atoms. The van der Waals surface area contributed by atoms with Gasteiger partial charge in [0.15, 0.2) is 0 Å². The highest BCUT2D eigenvalue weighted by atomic mass is 15.0. The molecule has 0 aliphatic heterocycles. The molecule has 1 heterocycles. The van der Waals surface area contributed by atoms with Crippen LogP contribution in [0.2, 0.25) is 0 Å². The van der Waals surface area contributed by atoms with Crippen LogP contribution in [0, 0.1) is 13.8 Å². The van der Waals surface area contributed by atoms with Crippen LogP contribution >= 0.6 is 0 Å². The van der Waals surface area contributed by atoms with E-state index in [1.165, 1.54) is 72.0 Å². The maximum absolute atomic E-state index is 3.87. The normalized spacial score (nSPS) is 13.9. The molecule has 1 unspecified atom stereocenters. The second-order valence-electron chi connectivity index (χ2n) is 11.1. The summed E-state index contributed by atoms with van der Waals surface area (Å²) >= 11 is 0. The molecule has 0 amide bonds. The quantitative estimate of drug-likeness (QED) is 0.241. The lowest BCUT2D eigenvalue weighted by Crippen LogP contribution is -2.11. The average Bonchev–Trinajstić information content (AvgIpc) is 3.52. The van der Waals surface area contributed by atoms with Gasteiger partial charge in [-0.1, -0.05) is 91.0 Å². The Balaban J connectivity index is 1.17. The molecule has 6 aromatic carbocycles. The van der Waals surface area contributed by atoms with Crippen molar-refractivity contribution < 1.29 is 0 Å². The number of aromatic nitrogens is 1. The Bertz CT molecular complexity index is 2080. The van der Waals surface area contributed by atoms with Gasteiger partial charge in [-0.2, -0.15) is 0 Å². The van der Waals surface area contributed by atoms with Gasteiger partial charge < -0.3 is 9.88 Å². The number of nitrogens with zero attached hydrogens (tertiary/aromatic N) is 1. The van der Waals surface area contributed by atoms with Gasteiger partial charge in [0.1, 0.15) is 0 Å². The fourth-order valence-electron chi connectivity index (χ4n) is 6.68. The average molecular weight is 527 g/mol. The van der Waals surface area contributed by atoms with Gasteiger partial charge in [0.2, 0.25) is 0 Å². The first-order valence-corrected chi connectivity index (χ1v) is 14.3. The molecule has 1 N–H and O–H groups in total. The summed E-state index contributed by atoms with van der Waals surface area (Å²) in [5, 5.41) is 6.42. The van der Waals surface area contributed by atoms with Crippen molar-refractivity contribution in [3.05, 3.63) is 156 Å². The van der Waals surface area contributed by atoms with Crippen molar-refractivity contribution in [2.24, 2.45) is 0 Å². The number of rotatable bonds is 4. The van der Waals surface area contributed by atoms with Gasteiger partial charge in [0.05, 0.1) is 17.1 Å². The number of aryl methyl sites for hydroxylation is 1. The van der Waals surface area contributed by atoms with Crippen LogP contribution in [-0.2, 0) is 0 Å². The molecule has 8 rings (SSSR count). The fraction of sp³-hybridized carbons (Fsp3) is 0.0769. The van der Waals surface area contributed by atoms with Gasteiger partial charge >= 0.3 is 0 Å². The summed E-state index contributed by atoms with van der Waals surface area (Å²) in [7, 11) is 0. The summed E-state index contributed by atoms with van der Waals surface area (Å²) < 4.78 is 2.36. The van der Waals surface area contributed by atoms with E-state index in [0.29, 0.717) is 0 Å². The van der Waals surface area contributed by atoms with Crippen LogP contribution in [0.1, 0.15) is 28.3 Å². The number of benzene rings is 6. The van der Waals surface area contributed by atoms with E-state index < -0.39 is 0 Å². The van der Waals surface area contributed by atoms with Crippen LogP contribution in [0.3, 0.4) is 0 Å². The highest BCUT2D eigenvalue weighted by Crippen LogP contribution is 2.47. The van der Waals surface area contributed by atoms with Crippen LogP contribution in [0.25, 0.3) is 49.7 Å². The predicted octanol–water partition coefficient (Wildman–Crippen LogP) is 10.2. The molecule has 1 atom stereocenters. The lowest BCUT2D eigenvalue weighted by Gasteiger charge is -2.20. The van der Waals surface area contributed by atoms with Crippen molar-refractivity contribution in [2.75, 3.05) is 5.32 Å². The van der Waals surface area contributed by atoms with Crippen molar-refractivity contribution in [1.29, 1.82) is 0 Å². The van der Waals surface area contributed by atoms with Crippen LogP contribution in [0.5, 0.6) is 0 Å². The van der Waals surface area contributed by atoms with Crippen molar-refractivity contribution in [3.63, 3.8) is 0 Å². The minimum absolute atomic E-state index is 0.146. The van der Waals surface area contributed by atoms with E-state index in [2.05, 4.69) is 157 Å². The SMILES string of the molecule is Cc1ccc2c(c1C)C(Nc1ccc(-c3ccc4c(c3)c3ccccc3n4-c3ccccc3)cc1)c1ccccc1-2. The highest BCUT2D eigenvalue weighted by Gasteiger charge is 2.30. The van der Waals surface area contributed by atoms with E-state index >= 15 is 0 Å². The molecule has 1 aliphatic carbocycles. The van der Waals surface area contributed by atoms with Crippen LogP contribution < -0.4 is 5.32 Å². The summed E-state index contributed by atoms with van der Waals surface area (Å²) in [4.78, 5) is 0. The van der Waals surface area contributed by atoms with Crippen molar-refractivity contribution in [3.8, 4) is 27.9 Å². The van der Waals surface area contributed by atoms with E-state index in [1.54, 1.807) is 0 Å². The number of hydrogen-bond donors (Lipinski definition) is 1. The zero-order chi connectivity index (χ0) is 27.5. The first-order chi connectivity index (χ1) is 20.2. The van der Waals surface area contributed by atoms with Gasteiger partial charge in [0.25, 0.3) is 0 Å². The van der Waals surface area contributed by atoms with E-state index in [-0.39, 0.29) is 6.04 Å². The Morgan fingerprint density at radius 2 is 1.27 bits per heavy atom. The third kappa shape index (κ3) is 3.72. The minimum Gasteiger partial charge on any atom is -0.374 e. The largest absolute Gasteiger partial charge is 0.374 e. The first kappa shape index (κ1) is 23.8. The van der Waals surface area contributed by atoms with Crippen molar-refractivity contribution in [2.45, 2.75) is 19.9 Å². The third-order valence-electron chi connectivity index (χ3n) is 8.85. The molecule has 1 aliphatic rings. The predicted molar refractivity (Wildman–Crippen MR) is 173 cm³/mol. The molecule has 0 fully saturated rings. The maximum Gasteiger partial charge on any atom is 0.0782 e. The molecule has 2 nitrogen and oxygen atoms in total. The minimum atomic E-state index is 0.146. The Morgan fingerprint density at radius 3 is 2.12 bits per heavy atom. The molecule has 0 radical (unpaired) electrons. The lowest BCUT2D eigenvalue weighted by atomic mass is 9.95. The Hall–Kier alpha value is -5.08. The smallest absolute Gasteiger partial charge is 0.0782 e. The second-order valence-corrected chi connectivity index (χ2v) is 11.1. The van der Waals surface area contributed by atoms with Crippen LogP contribution in [-0.4, -0.2) is 4.57 Å². The Morgan fingerprint density at radius 1 is 0.561 bits per heavy atom. The van der Waals surface area contributed by atoms with Gasteiger partial charge in [-0.15, -0.1) is 0 Å². The number of para-hydroxylation sites is 2. The number of nitrogens with one attached hydrogen (secondary N) is 1. The molecule has 7 aromatic rings. The molecular formula is C39H30N2. The number of anilines is 1. The number of hydrogen-bond acceptors (Lipinski definition) is 1. The summed E-state index contributed by atoms with van der Waals surface area (Å²) in [6.07, 6.45) is 0. The van der Waals surface area contributed by atoms with E-state index in [4.69, 9.17) is 0 Å². The molecule has 0 bridgehead atoms. The third-order valence-corrected chi connectivity index (χ3v) is 8.85. The van der Waals surface area contributed by atoms with Gasteiger partial charge in [0, 0.05) is 22.1 Å². The van der Waals surface area contributed by atoms with Crippen LogP contribution in [0.15, 0.2) is 133 Å². The molecule has 196 valence electrons. The fourth-order valence-corrected chi connectivity index (χ4v) is 6.68. The lowest BCUT2D eigenvalue weighted by molar-refractivity contribution is 0.956. The standard InChI is InChI=1S/C39H30N2/c1-25-16-22-33-31-12-6-7-14-34(31)39(38(33)26(25)2)40-29-20-17-27(18-21-29)28-19-23-37-35(24-28)32-13-8-9-15-36(32)41(37)30-10-4-3-5-11-30/h3-24,39-40H,1-2H3. The summed E-state index contributed by atoms with van der Waals surface area (Å²) in [5.41, 5.74) is 15.3. The zero-order valence-electron chi connectivity index (χ0n) is 23.2. The van der Waals surface area contributed by atoms with Crippen LogP contribution in [0.4, 0.5) is 5.69 Å². The van der Waals surface area contributed by atoms with Gasteiger partial charge in [-0.25, -0.2) is 0 Å². The second kappa shape index (κ2) is 9.25. The van der Waals surface area contributed by atoms with E-state index in [0.717, 1.165) is 5.69 Å². The highest BCUT2D eigenvalue weighted by molar-refractivity contribution is 6.10. The number of fused-ring (bicyclic) bond motifs is 6. The Kier molecular flexibility index (Phi) is 5.36. The van der Waals surface area contributed by atoms with Crippen molar-refractivity contribution in [1.82, 2.24) is 4.57 Å². The van der Waals surface area contributed by atoms with Gasteiger partial charge in [-0.05, 0) is 101 Å². The van der Waals surface area contributed by atoms with E-state index in [9.17, 15) is 0 Å². The van der Waals surface area contributed by atoms with Gasteiger partial charge in [-0.3, -0.25) is 0 Å². The van der Waals surface area contributed by atoms with E-state index in [1.807, 2.05) is 0 Å². The zero-order valence-corrected chi connectivity index (χ0v) is 23.2. The summed E-state index contributed by atoms with van der Waals surface area (Å²) in [6, 6.07) is 48.6. The maximum atomic E-state index is 3.87. The molecule has 41 heavy (non-hydrogen) atoms.